The van der Waals surface area contributed by atoms with Crippen molar-refractivity contribution in [3.63, 3.8) is 0 Å². The lowest BCUT2D eigenvalue weighted by atomic mass is 9.87. The molecule has 0 saturated heterocycles. The molecule has 13 heavy (non-hydrogen) atoms. The van der Waals surface area contributed by atoms with Crippen LogP contribution in [0.4, 0.5) is 0 Å². The minimum absolute atomic E-state index is 0.0198. The summed E-state index contributed by atoms with van der Waals surface area (Å²) in [6, 6.07) is 0. The largest absolute Gasteiger partial charge is 0.311 e. The molecule has 1 atom stereocenters. The first-order chi connectivity index (χ1) is 5.96. The molecular formula is C12H21N. The number of allylic oxidation sites excluding steroid dienone is 2. The molecule has 0 fully saturated rings. The first-order valence-electron chi connectivity index (χ1n) is 4.61. The summed E-state index contributed by atoms with van der Waals surface area (Å²) in [6.07, 6.45) is 3.80. The number of hydrogen-bond acceptors (Lipinski definition) is 1. The molecule has 0 aromatic rings. The summed E-state index contributed by atoms with van der Waals surface area (Å²) in [5.41, 5.74) is 2.26. The van der Waals surface area contributed by atoms with E-state index in [2.05, 4.69) is 32.0 Å². The third kappa shape index (κ3) is 3.60. The van der Waals surface area contributed by atoms with Crippen LogP contribution in [0.3, 0.4) is 0 Å². The van der Waals surface area contributed by atoms with Crippen molar-refractivity contribution in [3.05, 3.63) is 37.0 Å². The molecule has 0 spiro atoms. The second-order valence-corrected chi connectivity index (χ2v) is 3.72. The average molecular weight is 179 g/mol. The van der Waals surface area contributed by atoms with Crippen LogP contribution in [-0.4, -0.2) is 12.6 Å². The molecular weight excluding hydrogens is 158 g/mol. The predicted octanol–water partition coefficient (Wildman–Crippen LogP) is 3.06. The lowest BCUT2D eigenvalue weighted by Crippen LogP contribution is -2.40. The highest BCUT2D eigenvalue weighted by Gasteiger charge is 2.21. The zero-order chi connectivity index (χ0) is 10.5. The van der Waals surface area contributed by atoms with E-state index in [9.17, 15) is 0 Å². The fourth-order valence-electron chi connectivity index (χ4n) is 1.06. The maximum atomic E-state index is 3.98. The third-order valence-electron chi connectivity index (χ3n) is 2.73. The summed E-state index contributed by atoms with van der Waals surface area (Å²) in [7, 11) is 1.96. The van der Waals surface area contributed by atoms with Gasteiger partial charge in [-0.05, 0) is 33.7 Å². The Morgan fingerprint density at radius 1 is 1.46 bits per heavy atom. The molecule has 74 valence electrons. The SMILES string of the molecule is C=CC(=C)CCC(C)(NC)C(=C)C. The average Bonchev–Trinajstić information content (AvgIpc) is 2.13. The Labute approximate surface area is 82.2 Å². The van der Waals surface area contributed by atoms with Crippen molar-refractivity contribution < 1.29 is 0 Å². The highest BCUT2D eigenvalue weighted by Crippen LogP contribution is 2.22. The third-order valence-corrected chi connectivity index (χ3v) is 2.73. The number of nitrogens with one attached hydrogen (secondary N) is 1. The van der Waals surface area contributed by atoms with E-state index in [1.54, 1.807) is 0 Å². The Morgan fingerprint density at radius 2 is 2.00 bits per heavy atom. The van der Waals surface area contributed by atoms with Crippen LogP contribution in [0.1, 0.15) is 26.7 Å². The smallest absolute Gasteiger partial charge is 0.0360 e. The van der Waals surface area contributed by atoms with Crippen molar-refractivity contribution in [3.8, 4) is 0 Å². The minimum Gasteiger partial charge on any atom is -0.311 e. The Kier molecular flexibility index (Phi) is 4.71. The lowest BCUT2D eigenvalue weighted by molar-refractivity contribution is 0.421. The Morgan fingerprint density at radius 3 is 2.31 bits per heavy atom. The fraction of sp³-hybridized carbons (Fsp3) is 0.500. The molecule has 0 aliphatic carbocycles. The normalized spacial score (nSPS) is 14.7. The van der Waals surface area contributed by atoms with Crippen molar-refractivity contribution in [1.82, 2.24) is 5.32 Å². The molecule has 0 radical (unpaired) electrons. The van der Waals surface area contributed by atoms with Crippen LogP contribution in [0.2, 0.25) is 0 Å². The molecule has 0 heterocycles. The first kappa shape index (κ1) is 12.2. The van der Waals surface area contributed by atoms with E-state index >= 15 is 0 Å². The van der Waals surface area contributed by atoms with Gasteiger partial charge in [0.25, 0.3) is 0 Å². The fourth-order valence-corrected chi connectivity index (χ4v) is 1.06. The van der Waals surface area contributed by atoms with E-state index < -0.39 is 0 Å². The molecule has 0 aliphatic rings. The van der Waals surface area contributed by atoms with Crippen LogP contribution < -0.4 is 5.32 Å². The molecule has 1 heteroatoms. The van der Waals surface area contributed by atoms with Crippen LogP contribution in [0.5, 0.6) is 0 Å². The van der Waals surface area contributed by atoms with Crippen LogP contribution in [0.15, 0.2) is 37.0 Å². The Balaban J connectivity index is 4.21. The number of likely N-dealkylation sites (N-methyl/N-ethyl adjacent to an activating group) is 1. The standard InChI is InChI=1S/C12H21N/c1-7-11(4)8-9-12(5,13-6)10(2)3/h7,13H,1-2,4,8-9H2,3,5-6H3. The molecule has 0 bridgehead atoms. The molecule has 0 amide bonds. The topological polar surface area (TPSA) is 12.0 Å². The molecule has 1 unspecified atom stereocenters. The van der Waals surface area contributed by atoms with Crippen molar-refractivity contribution in [2.45, 2.75) is 32.2 Å². The second-order valence-electron chi connectivity index (χ2n) is 3.72. The Hall–Kier alpha value is -0.820. The van der Waals surface area contributed by atoms with Crippen molar-refractivity contribution in [2.75, 3.05) is 7.05 Å². The monoisotopic (exact) mass is 179 g/mol. The van der Waals surface area contributed by atoms with Crippen molar-refractivity contribution in [2.24, 2.45) is 0 Å². The van der Waals surface area contributed by atoms with Gasteiger partial charge in [-0.1, -0.05) is 37.0 Å². The molecule has 1 N–H and O–H groups in total. The van der Waals surface area contributed by atoms with Gasteiger partial charge in [0.15, 0.2) is 0 Å². The zero-order valence-electron chi connectivity index (χ0n) is 9.11. The van der Waals surface area contributed by atoms with Gasteiger partial charge < -0.3 is 5.32 Å². The molecule has 0 aromatic heterocycles. The second kappa shape index (κ2) is 5.03. The number of hydrogen-bond donors (Lipinski definition) is 1. The maximum Gasteiger partial charge on any atom is 0.0360 e. The highest BCUT2D eigenvalue weighted by atomic mass is 14.9. The van der Waals surface area contributed by atoms with Gasteiger partial charge >= 0.3 is 0 Å². The highest BCUT2D eigenvalue weighted by molar-refractivity contribution is 5.16. The summed E-state index contributed by atoms with van der Waals surface area (Å²) in [6.45, 7) is 15.8. The molecule has 0 aromatic carbocycles. The van der Waals surface area contributed by atoms with E-state index in [-0.39, 0.29) is 5.54 Å². The maximum absolute atomic E-state index is 3.98. The van der Waals surface area contributed by atoms with Gasteiger partial charge in [0.1, 0.15) is 0 Å². The van der Waals surface area contributed by atoms with E-state index in [1.165, 1.54) is 0 Å². The first-order valence-corrected chi connectivity index (χ1v) is 4.61. The molecule has 0 rings (SSSR count). The van der Waals surface area contributed by atoms with Gasteiger partial charge in [0.05, 0.1) is 0 Å². The van der Waals surface area contributed by atoms with Crippen LogP contribution in [0.25, 0.3) is 0 Å². The van der Waals surface area contributed by atoms with Gasteiger partial charge in [-0.25, -0.2) is 0 Å². The Bertz CT molecular complexity index is 215. The van der Waals surface area contributed by atoms with E-state index in [0.717, 1.165) is 24.0 Å². The minimum atomic E-state index is 0.0198. The van der Waals surface area contributed by atoms with Gasteiger partial charge in [-0.15, -0.1) is 0 Å². The van der Waals surface area contributed by atoms with Crippen LogP contribution in [0, 0.1) is 0 Å². The summed E-state index contributed by atoms with van der Waals surface area (Å²) in [4.78, 5) is 0. The molecule has 0 aliphatic heterocycles. The van der Waals surface area contributed by atoms with Crippen molar-refractivity contribution >= 4 is 0 Å². The van der Waals surface area contributed by atoms with Gasteiger partial charge in [-0.3, -0.25) is 0 Å². The van der Waals surface area contributed by atoms with Gasteiger partial charge in [-0.2, -0.15) is 0 Å². The summed E-state index contributed by atoms with van der Waals surface area (Å²) >= 11 is 0. The van der Waals surface area contributed by atoms with Gasteiger partial charge in [0.2, 0.25) is 0 Å². The lowest BCUT2D eigenvalue weighted by Gasteiger charge is -2.30. The number of rotatable bonds is 6. The van der Waals surface area contributed by atoms with Gasteiger partial charge in [0, 0.05) is 5.54 Å². The van der Waals surface area contributed by atoms with Crippen LogP contribution in [-0.2, 0) is 0 Å². The summed E-state index contributed by atoms with van der Waals surface area (Å²) in [5.74, 6) is 0. The quantitative estimate of drug-likeness (QED) is 0.488. The zero-order valence-corrected chi connectivity index (χ0v) is 9.11. The van der Waals surface area contributed by atoms with Crippen LogP contribution >= 0.6 is 0 Å². The molecule has 0 saturated carbocycles. The van der Waals surface area contributed by atoms with Crippen molar-refractivity contribution in [1.29, 1.82) is 0 Å². The summed E-state index contributed by atoms with van der Waals surface area (Å²) in [5, 5.41) is 3.28. The van der Waals surface area contributed by atoms with E-state index in [0.29, 0.717) is 0 Å². The van der Waals surface area contributed by atoms with E-state index in [1.807, 2.05) is 20.0 Å². The summed E-state index contributed by atoms with van der Waals surface area (Å²) < 4.78 is 0. The predicted molar refractivity (Wildman–Crippen MR) is 60.8 cm³/mol. The molecule has 1 nitrogen and oxygen atoms in total. The van der Waals surface area contributed by atoms with E-state index in [4.69, 9.17) is 0 Å².